The maximum Gasteiger partial charge on any atom is 0.277 e. The average molecular weight is 368 g/mol. The van der Waals surface area contributed by atoms with E-state index in [1.54, 1.807) is 24.1 Å². The summed E-state index contributed by atoms with van der Waals surface area (Å²) in [5.41, 5.74) is 1.08. The Morgan fingerprint density at radius 3 is 2.48 bits per heavy atom. The number of sulfone groups is 1. The molecule has 0 radical (unpaired) electrons. The zero-order valence-corrected chi connectivity index (χ0v) is 15.3. The number of hydrogen-bond acceptors (Lipinski definition) is 5. The van der Waals surface area contributed by atoms with Crippen LogP contribution in [0.1, 0.15) is 6.42 Å². The van der Waals surface area contributed by atoms with Gasteiger partial charge >= 0.3 is 0 Å². The SMILES string of the molecule is CN(C(=O)C[NH+]1CCN(c2ccc(O)cc2)CC1)[C@@H]1CCS(=O)(=O)C1. The molecule has 2 saturated heterocycles. The van der Waals surface area contributed by atoms with Gasteiger partial charge in [0.1, 0.15) is 5.75 Å². The van der Waals surface area contributed by atoms with Gasteiger partial charge < -0.3 is 19.8 Å². The van der Waals surface area contributed by atoms with Crippen LogP contribution >= 0.6 is 0 Å². The lowest BCUT2D eigenvalue weighted by atomic mass is 10.2. The molecule has 0 aromatic heterocycles. The molecule has 2 aliphatic heterocycles. The summed E-state index contributed by atoms with van der Waals surface area (Å²) < 4.78 is 23.2. The quantitative estimate of drug-likeness (QED) is 0.694. The molecule has 138 valence electrons. The number of amides is 1. The van der Waals surface area contributed by atoms with E-state index in [0.717, 1.165) is 31.9 Å². The van der Waals surface area contributed by atoms with Gasteiger partial charge in [0.05, 0.1) is 37.7 Å². The number of hydrogen-bond donors (Lipinski definition) is 2. The number of carbonyl (C=O) groups is 1. The van der Waals surface area contributed by atoms with Crippen LogP contribution in [0, 0.1) is 0 Å². The van der Waals surface area contributed by atoms with E-state index in [4.69, 9.17) is 0 Å². The first-order valence-corrected chi connectivity index (χ1v) is 10.5. The third-order valence-corrected chi connectivity index (χ3v) is 6.99. The summed E-state index contributed by atoms with van der Waals surface area (Å²) in [7, 11) is -1.25. The van der Waals surface area contributed by atoms with Crippen molar-refractivity contribution in [2.24, 2.45) is 0 Å². The molecular formula is C17H26N3O4S+. The summed E-state index contributed by atoms with van der Waals surface area (Å²) in [6.45, 7) is 3.85. The fourth-order valence-corrected chi connectivity index (χ4v) is 5.32. The third kappa shape index (κ3) is 4.43. The van der Waals surface area contributed by atoms with Crippen molar-refractivity contribution in [3.63, 3.8) is 0 Å². The number of rotatable bonds is 4. The molecule has 2 heterocycles. The number of phenols is 1. The molecule has 0 aliphatic carbocycles. The van der Waals surface area contributed by atoms with Gasteiger partial charge in [-0.2, -0.15) is 0 Å². The van der Waals surface area contributed by atoms with Crippen molar-refractivity contribution in [3.8, 4) is 5.75 Å². The molecule has 1 amide bonds. The Kier molecular flexibility index (Phi) is 5.19. The van der Waals surface area contributed by atoms with Crippen molar-refractivity contribution >= 4 is 21.4 Å². The number of benzene rings is 1. The number of aromatic hydroxyl groups is 1. The third-order valence-electron chi connectivity index (χ3n) is 5.24. The summed E-state index contributed by atoms with van der Waals surface area (Å²) in [6, 6.07) is 7.00. The molecule has 2 fully saturated rings. The number of nitrogens with zero attached hydrogens (tertiary/aromatic N) is 2. The lowest BCUT2D eigenvalue weighted by Gasteiger charge is -2.34. The summed E-state index contributed by atoms with van der Waals surface area (Å²) in [5.74, 6) is 0.567. The molecule has 1 atom stereocenters. The maximum absolute atomic E-state index is 12.5. The van der Waals surface area contributed by atoms with Crippen LogP contribution in [-0.4, -0.2) is 81.7 Å². The molecule has 3 rings (SSSR count). The second-order valence-electron chi connectivity index (χ2n) is 6.99. The van der Waals surface area contributed by atoms with Gasteiger partial charge in [-0.25, -0.2) is 8.42 Å². The largest absolute Gasteiger partial charge is 0.508 e. The van der Waals surface area contributed by atoms with E-state index in [9.17, 15) is 18.3 Å². The van der Waals surface area contributed by atoms with E-state index in [-0.39, 0.29) is 29.2 Å². The molecule has 2 aliphatic rings. The standard InChI is InChI=1S/C17H25N3O4S/c1-18(15-6-11-25(23,24)13-15)17(22)12-19-7-9-20(10-8-19)14-2-4-16(21)5-3-14/h2-5,15,21H,6-13H2,1H3/p+1/t15-/m1/s1. The summed E-state index contributed by atoms with van der Waals surface area (Å²) in [6.07, 6.45) is 0.550. The number of nitrogens with one attached hydrogen (secondary N) is 1. The highest BCUT2D eigenvalue weighted by molar-refractivity contribution is 7.91. The Morgan fingerprint density at radius 2 is 1.92 bits per heavy atom. The van der Waals surface area contributed by atoms with E-state index in [0.29, 0.717) is 13.0 Å². The topological polar surface area (TPSA) is 82.4 Å². The van der Waals surface area contributed by atoms with E-state index in [1.807, 2.05) is 12.1 Å². The molecule has 1 aromatic rings. The Bertz CT molecular complexity index is 712. The minimum atomic E-state index is -2.97. The van der Waals surface area contributed by atoms with Crippen LogP contribution in [0.15, 0.2) is 24.3 Å². The van der Waals surface area contributed by atoms with Crippen LogP contribution in [0.5, 0.6) is 5.75 Å². The second kappa shape index (κ2) is 7.21. The number of anilines is 1. The van der Waals surface area contributed by atoms with Gasteiger partial charge in [0.15, 0.2) is 16.4 Å². The van der Waals surface area contributed by atoms with E-state index < -0.39 is 9.84 Å². The molecule has 25 heavy (non-hydrogen) atoms. The highest BCUT2D eigenvalue weighted by Crippen LogP contribution is 2.18. The Labute approximate surface area is 148 Å². The smallest absolute Gasteiger partial charge is 0.277 e. The van der Waals surface area contributed by atoms with Crippen LogP contribution in [0.2, 0.25) is 0 Å². The maximum atomic E-state index is 12.5. The van der Waals surface area contributed by atoms with Crippen molar-refractivity contribution in [1.29, 1.82) is 0 Å². The van der Waals surface area contributed by atoms with Crippen LogP contribution in [-0.2, 0) is 14.6 Å². The van der Waals surface area contributed by atoms with Gasteiger partial charge in [0.25, 0.3) is 5.91 Å². The van der Waals surface area contributed by atoms with Crippen molar-refractivity contribution in [3.05, 3.63) is 24.3 Å². The number of likely N-dealkylation sites (N-methyl/N-ethyl adjacent to an activating group) is 1. The minimum absolute atomic E-state index is 0.0233. The Balaban J connectivity index is 1.48. The fraction of sp³-hybridized carbons (Fsp3) is 0.588. The highest BCUT2D eigenvalue weighted by atomic mass is 32.2. The first-order chi connectivity index (χ1) is 11.8. The summed E-state index contributed by atoms with van der Waals surface area (Å²) >= 11 is 0. The van der Waals surface area contributed by atoms with E-state index in [2.05, 4.69) is 4.90 Å². The molecule has 1 aromatic carbocycles. The summed E-state index contributed by atoms with van der Waals surface area (Å²) in [5, 5.41) is 9.37. The predicted molar refractivity (Wildman–Crippen MR) is 95.7 cm³/mol. The fourth-order valence-electron chi connectivity index (χ4n) is 3.54. The second-order valence-corrected chi connectivity index (χ2v) is 9.22. The molecule has 0 bridgehead atoms. The number of piperazine rings is 1. The molecule has 7 nitrogen and oxygen atoms in total. The van der Waals surface area contributed by atoms with Crippen LogP contribution in [0.4, 0.5) is 5.69 Å². The van der Waals surface area contributed by atoms with Gasteiger partial charge in [-0.15, -0.1) is 0 Å². The normalized spacial score (nSPS) is 23.6. The average Bonchev–Trinajstić information content (AvgIpc) is 2.95. The van der Waals surface area contributed by atoms with E-state index in [1.165, 1.54) is 4.90 Å². The molecule has 2 N–H and O–H groups in total. The number of carbonyl (C=O) groups excluding carboxylic acids is 1. The van der Waals surface area contributed by atoms with Crippen molar-refractivity contribution in [1.82, 2.24) is 4.90 Å². The number of phenolic OH excluding ortho intramolecular Hbond substituents is 1. The Hall–Kier alpha value is -1.80. The monoisotopic (exact) mass is 368 g/mol. The van der Waals surface area contributed by atoms with Gasteiger partial charge in [0.2, 0.25) is 0 Å². The van der Waals surface area contributed by atoms with Crippen molar-refractivity contribution in [2.45, 2.75) is 12.5 Å². The highest BCUT2D eigenvalue weighted by Gasteiger charge is 2.34. The first-order valence-electron chi connectivity index (χ1n) is 8.68. The van der Waals surface area contributed by atoms with Crippen LogP contribution in [0.3, 0.4) is 0 Å². The van der Waals surface area contributed by atoms with Gasteiger partial charge in [-0.05, 0) is 30.7 Å². The van der Waals surface area contributed by atoms with Crippen LogP contribution in [0.25, 0.3) is 0 Å². The van der Waals surface area contributed by atoms with Crippen molar-refractivity contribution < 1.29 is 23.2 Å². The summed E-state index contributed by atoms with van der Waals surface area (Å²) in [4.78, 5) is 17.6. The van der Waals surface area contributed by atoms with Crippen LogP contribution < -0.4 is 9.80 Å². The molecule has 0 spiro atoms. The Morgan fingerprint density at radius 1 is 1.28 bits per heavy atom. The first kappa shape index (κ1) is 18.0. The lowest BCUT2D eigenvalue weighted by Crippen LogP contribution is -3.16. The molecular weight excluding hydrogens is 342 g/mol. The molecule has 0 unspecified atom stereocenters. The van der Waals surface area contributed by atoms with Gasteiger partial charge in [-0.1, -0.05) is 0 Å². The minimum Gasteiger partial charge on any atom is -0.508 e. The zero-order chi connectivity index (χ0) is 18.0. The molecule has 8 heteroatoms. The zero-order valence-electron chi connectivity index (χ0n) is 14.5. The number of quaternary nitrogens is 1. The lowest BCUT2D eigenvalue weighted by molar-refractivity contribution is -0.892. The molecule has 0 saturated carbocycles. The van der Waals surface area contributed by atoms with Gasteiger partial charge in [0, 0.05) is 18.8 Å². The van der Waals surface area contributed by atoms with Crippen molar-refractivity contribution in [2.75, 3.05) is 56.2 Å². The van der Waals surface area contributed by atoms with E-state index >= 15 is 0 Å². The predicted octanol–water partition coefficient (Wildman–Crippen LogP) is -1.26. The van der Waals surface area contributed by atoms with Gasteiger partial charge in [-0.3, -0.25) is 4.79 Å².